The van der Waals surface area contributed by atoms with Crippen LogP contribution in [-0.4, -0.2) is 53.0 Å². The topological polar surface area (TPSA) is 54.7 Å². The van der Waals surface area contributed by atoms with Gasteiger partial charge in [0, 0.05) is 56.8 Å². The van der Waals surface area contributed by atoms with Crippen LogP contribution in [0.15, 0.2) is 4.99 Å². The van der Waals surface area contributed by atoms with Gasteiger partial charge in [0.25, 0.3) is 0 Å². The average Bonchev–Trinajstić information content (AvgIpc) is 3.35. The molecule has 3 fully saturated rings. The van der Waals surface area contributed by atoms with Crippen LogP contribution < -0.4 is 5.32 Å². The van der Waals surface area contributed by atoms with Crippen molar-refractivity contribution in [2.24, 2.45) is 23.9 Å². The molecule has 3 saturated heterocycles. The number of likely N-dealkylation sites (tertiary alicyclic amines) is 1. The second-order valence-electron chi connectivity index (χ2n) is 7.63. The van der Waals surface area contributed by atoms with Gasteiger partial charge in [0.2, 0.25) is 0 Å². The highest BCUT2D eigenvalue weighted by Crippen LogP contribution is 2.47. The number of aryl methyl sites for hydroxylation is 2. The van der Waals surface area contributed by atoms with E-state index in [1.807, 2.05) is 18.8 Å². The minimum absolute atomic E-state index is 0. The van der Waals surface area contributed by atoms with Crippen LogP contribution in [0.2, 0.25) is 0 Å². The predicted molar refractivity (Wildman–Crippen MR) is 114 cm³/mol. The predicted octanol–water partition coefficient (Wildman–Crippen LogP) is 2.35. The molecule has 0 aromatic carbocycles. The summed E-state index contributed by atoms with van der Waals surface area (Å²) >= 11 is 0. The number of nitrogens with one attached hydrogen (secondary N) is 1. The van der Waals surface area contributed by atoms with Crippen molar-refractivity contribution in [2.45, 2.75) is 58.3 Å². The van der Waals surface area contributed by atoms with Crippen LogP contribution in [-0.2, 0) is 31.2 Å². The van der Waals surface area contributed by atoms with E-state index in [1.54, 1.807) is 0 Å². The Morgan fingerprint density at radius 3 is 2.38 bits per heavy atom. The van der Waals surface area contributed by atoms with Gasteiger partial charge in [-0.1, -0.05) is 13.8 Å². The Hall–Kier alpha value is -0.830. The molecule has 0 amide bonds. The van der Waals surface area contributed by atoms with Crippen molar-refractivity contribution in [2.75, 3.05) is 20.1 Å². The summed E-state index contributed by atoms with van der Waals surface area (Å²) in [7, 11) is 3.94. The molecule has 3 aliphatic heterocycles. The molecule has 4 rings (SSSR count). The second kappa shape index (κ2) is 8.04. The monoisotopic (exact) mass is 473 g/mol. The van der Waals surface area contributed by atoms with E-state index in [0.717, 1.165) is 38.4 Å². The highest BCUT2D eigenvalue weighted by atomic mass is 127. The van der Waals surface area contributed by atoms with Gasteiger partial charge in [-0.05, 0) is 25.7 Å². The molecule has 0 radical (unpaired) electrons. The fourth-order valence-electron chi connectivity index (χ4n) is 5.23. The summed E-state index contributed by atoms with van der Waals surface area (Å²) in [6.07, 6.45) is 5.47. The Kier molecular flexibility index (Phi) is 6.16. The second-order valence-corrected chi connectivity index (χ2v) is 7.63. The zero-order chi connectivity index (χ0) is 17.6. The maximum absolute atomic E-state index is 6.10. The third kappa shape index (κ3) is 3.25. The molecule has 0 saturated carbocycles. The Bertz CT molecular complexity index is 655. The maximum atomic E-state index is 6.10. The first kappa shape index (κ1) is 19.9. The Balaban J connectivity index is 0.00000196. The molecule has 3 aliphatic rings. The fraction of sp³-hybridized carbons (Fsp3) is 0.789. The molecule has 1 N–H and O–H groups in total. The first-order chi connectivity index (χ1) is 12.2. The summed E-state index contributed by atoms with van der Waals surface area (Å²) in [4.78, 5) is 7.01. The molecule has 26 heavy (non-hydrogen) atoms. The van der Waals surface area contributed by atoms with E-state index < -0.39 is 0 Å². The highest BCUT2D eigenvalue weighted by molar-refractivity contribution is 14.0. The molecule has 0 spiro atoms. The smallest absolute Gasteiger partial charge is 0.193 e. The number of fused-ring (bicyclic) bond motifs is 5. The number of guanidine groups is 1. The van der Waals surface area contributed by atoms with Crippen molar-refractivity contribution in [1.82, 2.24) is 20.0 Å². The first-order valence-electron chi connectivity index (χ1n) is 9.80. The molecule has 1 aromatic heterocycles. The van der Waals surface area contributed by atoms with Crippen molar-refractivity contribution in [3.05, 3.63) is 17.0 Å². The van der Waals surface area contributed by atoms with Gasteiger partial charge < -0.3 is 15.0 Å². The van der Waals surface area contributed by atoms with Crippen molar-refractivity contribution < 1.29 is 4.74 Å². The number of aliphatic imine (C=N–C) groups is 1. The van der Waals surface area contributed by atoms with Crippen LogP contribution >= 0.6 is 24.0 Å². The van der Waals surface area contributed by atoms with E-state index in [-0.39, 0.29) is 24.0 Å². The lowest BCUT2D eigenvalue weighted by Gasteiger charge is -2.23. The van der Waals surface area contributed by atoms with E-state index in [0.29, 0.717) is 24.0 Å². The standard InChI is InChI=1S/C19H31N5O.HI/c1-5-15-12(16(6-2)23(4)22-15)9-21-19(20-3)24-10-13-14(11-24)18-8-7-17(13)25-18;/h13-14,17-18H,5-11H2,1-4H3,(H,20,21);1H. The maximum Gasteiger partial charge on any atom is 0.193 e. The van der Waals surface area contributed by atoms with Gasteiger partial charge in [0.15, 0.2) is 5.96 Å². The van der Waals surface area contributed by atoms with Gasteiger partial charge in [-0.25, -0.2) is 0 Å². The number of aromatic nitrogens is 2. The lowest BCUT2D eigenvalue weighted by molar-refractivity contribution is 0.0767. The summed E-state index contributed by atoms with van der Waals surface area (Å²) in [6.45, 7) is 7.35. The number of ether oxygens (including phenoxy) is 1. The van der Waals surface area contributed by atoms with Crippen molar-refractivity contribution in [1.29, 1.82) is 0 Å². The third-order valence-corrected chi connectivity index (χ3v) is 6.42. The molecule has 2 bridgehead atoms. The molecule has 6 nitrogen and oxygen atoms in total. The largest absolute Gasteiger partial charge is 0.374 e. The molecular weight excluding hydrogens is 441 g/mol. The highest BCUT2D eigenvalue weighted by Gasteiger charge is 2.53. The number of halogens is 1. The number of rotatable bonds is 4. The van der Waals surface area contributed by atoms with Gasteiger partial charge in [0.05, 0.1) is 17.9 Å². The quantitative estimate of drug-likeness (QED) is 0.415. The lowest BCUT2D eigenvalue weighted by Crippen LogP contribution is -2.41. The molecule has 0 aliphatic carbocycles. The van der Waals surface area contributed by atoms with E-state index in [9.17, 15) is 0 Å². The van der Waals surface area contributed by atoms with Crippen molar-refractivity contribution in [3.63, 3.8) is 0 Å². The van der Waals surface area contributed by atoms with Crippen molar-refractivity contribution in [3.8, 4) is 0 Å². The van der Waals surface area contributed by atoms with E-state index in [4.69, 9.17) is 4.74 Å². The summed E-state index contributed by atoms with van der Waals surface area (Å²) in [5.41, 5.74) is 3.87. The Labute approximate surface area is 173 Å². The van der Waals surface area contributed by atoms with Crippen LogP contribution in [0.1, 0.15) is 43.6 Å². The summed E-state index contributed by atoms with van der Waals surface area (Å²) in [6, 6.07) is 0. The number of nitrogens with zero attached hydrogens (tertiary/aromatic N) is 4. The molecule has 4 atom stereocenters. The van der Waals surface area contributed by atoms with E-state index in [2.05, 4.69) is 34.2 Å². The van der Waals surface area contributed by atoms with Gasteiger partial charge in [0.1, 0.15) is 0 Å². The van der Waals surface area contributed by atoms with Gasteiger partial charge >= 0.3 is 0 Å². The zero-order valence-corrected chi connectivity index (χ0v) is 18.7. The molecule has 1 aromatic rings. The number of hydrogen-bond acceptors (Lipinski definition) is 3. The van der Waals surface area contributed by atoms with Crippen LogP contribution in [0.4, 0.5) is 0 Å². The average molecular weight is 473 g/mol. The number of hydrogen-bond donors (Lipinski definition) is 1. The van der Waals surface area contributed by atoms with E-state index >= 15 is 0 Å². The SMILES string of the molecule is CCc1nn(C)c(CC)c1CNC(=NC)N1CC2C3CCC(O3)C2C1.I. The molecule has 4 unspecified atom stereocenters. The van der Waals surface area contributed by atoms with Gasteiger partial charge in [-0.2, -0.15) is 5.10 Å². The molecule has 4 heterocycles. The Morgan fingerprint density at radius 2 is 1.85 bits per heavy atom. The fourth-order valence-corrected chi connectivity index (χ4v) is 5.23. The molecule has 7 heteroatoms. The summed E-state index contributed by atoms with van der Waals surface area (Å²) in [5, 5.41) is 8.29. The normalized spacial score (nSPS) is 29.8. The van der Waals surface area contributed by atoms with Crippen LogP contribution in [0.3, 0.4) is 0 Å². The van der Waals surface area contributed by atoms with Crippen LogP contribution in [0, 0.1) is 11.8 Å². The van der Waals surface area contributed by atoms with Gasteiger partial charge in [-0.3, -0.25) is 9.67 Å². The zero-order valence-electron chi connectivity index (χ0n) is 16.4. The first-order valence-corrected chi connectivity index (χ1v) is 9.80. The van der Waals surface area contributed by atoms with Crippen LogP contribution in [0.25, 0.3) is 0 Å². The molecule has 146 valence electrons. The van der Waals surface area contributed by atoms with Gasteiger partial charge in [-0.15, -0.1) is 24.0 Å². The minimum Gasteiger partial charge on any atom is -0.374 e. The third-order valence-electron chi connectivity index (χ3n) is 6.42. The van der Waals surface area contributed by atoms with Crippen molar-refractivity contribution >= 4 is 29.9 Å². The molecular formula is C19H32IN5O. The lowest BCUT2D eigenvalue weighted by atomic mass is 9.82. The van der Waals surface area contributed by atoms with E-state index in [1.165, 1.54) is 29.8 Å². The Morgan fingerprint density at radius 1 is 1.19 bits per heavy atom. The summed E-state index contributed by atoms with van der Waals surface area (Å²) in [5.74, 6) is 2.43. The minimum atomic E-state index is 0. The van der Waals surface area contributed by atoms with Crippen LogP contribution in [0.5, 0.6) is 0 Å². The summed E-state index contributed by atoms with van der Waals surface area (Å²) < 4.78 is 8.13.